The summed E-state index contributed by atoms with van der Waals surface area (Å²) in [4.78, 5) is 29.4. The van der Waals surface area contributed by atoms with Crippen LogP contribution in [0.1, 0.15) is 48.7 Å². The van der Waals surface area contributed by atoms with Crippen molar-refractivity contribution in [3.63, 3.8) is 0 Å². The van der Waals surface area contributed by atoms with Crippen LogP contribution in [-0.4, -0.2) is 20.8 Å². The Kier molecular flexibility index (Phi) is 8.19. The highest BCUT2D eigenvalue weighted by atomic mass is 79.9. The van der Waals surface area contributed by atoms with Crippen molar-refractivity contribution < 1.29 is 9.66 Å². The van der Waals surface area contributed by atoms with Crippen molar-refractivity contribution in [1.82, 2.24) is 9.66 Å². The third-order valence-electron chi connectivity index (χ3n) is 5.96. The molecule has 0 bridgehead atoms. The zero-order valence-electron chi connectivity index (χ0n) is 20.4. The van der Waals surface area contributed by atoms with Gasteiger partial charge >= 0.3 is 5.69 Å². The number of aromatic nitrogens is 2. The van der Waals surface area contributed by atoms with Crippen LogP contribution in [0.5, 0.6) is 5.75 Å². The molecule has 0 amide bonds. The van der Waals surface area contributed by atoms with E-state index in [2.05, 4.69) is 41.9 Å². The molecule has 0 saturated carbocycles. The molecule has 0 radical (unpaired) electrons. The molecule has 0 aliphatic rings. The van der Waals surface area contributed by atoms with Gasteiger partial charge in [-0.25, -0.2) is 4.98 Å². The molecule has 3 aromatic carbocycles. The lowest BCUT2D eigenvalue weighted by Crippen LogP contribution is -2.23. The van der Waals surface area contributed by atoms with Crippen LogP contribution in [0.2, 0.25) is 0 Å². The van der Waals surface area contributed by atoms with Crippen molar-refractivity contribution in [2.24, 2.45) is 5.10 Å². The molecule has 0 saturated heterocycles. The van der Waals surface area contributed by atoms with Crippen molar-refractivity contribution in [3.05, 3.63) is 107 Å². The van der Waals surface area contributed by atoms with Gasteiger partial charge in [-0.1, -0.05) is 59.6 Å². The van der Waals surface area contributed by atoms with E-state index in [0.29, 0.717) is 26.8 Å². The molecule has 1 aromatic heterocycles. The van der Waals surface area contributed by atoms with E-state index in [4.69, 9.17) is 4.74 Å². The number of hydrogen-bond donors (Lipinski definition) is 0. The first-order chi connectivity index (χ1) is 17.7. The summed E-state index contributed by atoms with van der Waals surface area (Å²) in [7, 11) is 0. The third-order valence-corrected chi connectivity index (χ3v) is 7.04. The second kappa shape index (κ2) is 11.4. The number of nitro benzene ring substituents is 1. The van der Waals surface area contributed by atoms with Crippen molar-refractivity contribution in [2.75, 3.05) is 0 Å². The highest BCUT2D eigenvalue weighted by Gasteiger charge is 2.21. The van der Waals surface area contributed by atoms with Gasteiger partial charge in [-0.15, -0.1) is 0 Å². The Hall–Kier alpha value is -3.37. The molecule has 190 valence electrons. The minimum absolute atomic E-state index is 0.0310. The van der Waals surface area contributed by atoms with Gasteiger partial charge in [0.25, 0.3) is 5.56 Å². The summed E-state index contributed by atoms with van der Waals surface area (Å²) in [5, 5.41) is 16.7. The van der Waals surface area contributed by atoms with E-state index in [1.54, 1.807) is 18.2 Å². The van der Waals surface area contributed by atoms with E-state index in [9.17, 15) is 14.9 Å². The Morgan fingerprint density at radius 2 is 1.89 bits per heavy atom. The molecule has 4 aromatic rings. The van der Waals surface area contributed by atoms with E-state index in [0.717, 1.165) is 22.0 Å². The number of fused-ring (bicyclic) bond motifs is 1. The summed E-state index contributed by atoms with van der Waals surface area (Å²) >= 11 is 6.80. The highest BCUT2D eigenvalue weighted by molar-refractivity contribution is 9.10. The number of halogens is 2. The lowest BCUT2D eigenvalue weighted by atomic mass is 10.1. The van der Waals surface area contributed by atoms with Crippen LogP contribution in [0.4, 0.5) is 5.69 Å². The van der Waals surface area contributed by atoms with E-state index in [1.807, 2.05) is 51.1 Å². The number of rotatable bonds is 8. The monoisotopic (exact) mass is 626 g/mol. The van der Waals surface area contributed by atoms with Gasteiger partial charge in [-0.05, 0) is 59.1 Å². The molecule has 0 fully saturated rings. The van der Waals surface area contributed by atoms with E-state index >= 15 is 0 Å². The number of benzene rings is 3. The number of aryl methyl sites for hydroxylation is 1. The molecule has 37 heavy (non-hydrogen) atoms. The first kappa shape index (κ1) is 26.7. The van der Waals surface area contributed by atoms with Gasteiger partial charge in [0, 0.05) is 22.0 Å². The zero-order chi connectivity index (χ0) is 26.7. The van der Waals surface area contributed by atoms with Gasteiger partial charge in [-0.2, -0.15) is 9.78 Å². The van der Waals surface area contributed by atoms with Gasteiger partial charge in [0.1, 0.15) is 12.4 Å². The maximum atomic E-state index is 13.3. The second-order valence-electron chi connectivity index (χ2n) is 8.68. The molecule has 8 nitrogen and oxygen atoms in total. The quantitative estimate of drug-likeness (QED) is 0.118. The van der Waals surface area contributed by atoms with Crippen LogP contribution in [0.3, 0.4) is 0 Å². The Morgan fingerprint density at radius 3 is 2.57 bits per heavy atom. The molecule has 1 heterocycles. The Bertz CT molecular complexity index is 1570. The summed E-state index contributed by atoms with van der Waals surface area (Å²) in [6, 6.07) is 16.1. The largest absolute Gasteiger partial charge is 0.481 e. The molecule has 4 rings (SSSR count). The summed E-state index contributed by atoms with van der Waals surface area (Å²) in [6.07, 6.45) is 2.17. The first-order valence-electron chi connectivity index (χ1n) is 11.6. The predicted molar refractivity (Wildman–Crippen MR) is 152 cm³/mol. The number of nitrogens with zero attached hydrogens (tertiary/aromatic N) is 4. The van der Waals surface area contributed by atoms with Crippen molar-refractivity contribution in [1.29, 1.82) is 0 Å². The molecule has 0 unspecified atom stereocenters. The molecule has 1 atom stereocenters. The fraction of sp³-hybridized carbons (Fsp3) is 0.222. The van der Waals surface area contributed by atoms with Gasteiger partial charge in [0.2, 0.25) is 5.75 Å². The Labute approximate surface area is 230 Å². The second-order valence-corrected chi connectivity index (χ2v) is 10.5. The van der Waals surface area contributed by atoms with E-state index in [-0.39, 0.29) is 29.5 Å². The van der Waals surface area contributed by atoms with E-state index < -0.39 is 4.92 Å². The highest BCUT2D eigenvalue weighted by Crippen LogP contribution is 2.36. The van der Waals surface area contributed by atoms with Gasteiger partial charge in [0.15, 0.2) is 0 Å². The molecule has 10 heteroatoms. The lowest BCUT2D eigenvalue weighted by molar-refractivity contribution is -0.386. The standard InChI is InChI=1S/C27H24Br2N4O4/c1-4-17(3)26-31-23-10-9-20(28)13-21(23)27(34)32(26)30-14-19-11-22(29)25(24(12-19)33(35)36)37-15-18-7-5-16(2)6-8-18/h5-14,17H,4,15H2,1-3H3/t17-/m1/s1. The fourth-order valence-electron chi connectivity index (χ4n) is 3.70. The third kappa shape index (κ3) is 5.97. The molecule has 0 N–H and O–H groups in total. The first-order valence-corrected chi connectivity index (χ1v) is 13.2. The Morgan fingerprint density at radius 1 is 1.16 bits per heavy atom. The smallest absolute Gasteiger partial charge is 0.312 e. The van der Waals surface area contributed by atoms with Crippen LogP contribution < -0.4 is 10.3 Å². The lowest BCUT2D eigenvalue weighted by Gasteiger charge is -2.14. The van der Waals surface area contributed by atoms with Crippen molar-refractivity contribution >= 4 is 54.7 Å². The van der Waals surface area contributed by atoms with Gasteiger partial charge in [-0.3, -0.25) is 14.9 Å². The average Bonchev–Trinajstić information content (AvgIpc) is 2.87. The van der Waals surface area contributed by atoms with Crippen LogP contribution in [0, 0.1) is 17.0 Å². The maximum Gasteiger partial charge on any atom is 0.312 e. The molecule has 0 spiro atoms. The Balaban J connectivity index is 1.73. The molecular weight excluding hydrogens is 604 g/mol. The van der Waals surface area contributed by atoms with Crippen LogP contribution in [-0.2, 0) is 6.61 Å². The summed E-state index contributed by atoms with van der Waals surface area (Å²) in [5.74, 6) is 0.610. The van der Waals surface area contributed by atoms with E-state index in [1.165, 1.54) is 17.0 Å². The van der Waals surface area contributed by atoms with Crippen molar-refractivity contribution in [3.8, 4) is 5.75 Å². The zero-order valence-corrected chi connectivity index (χ0v) is 23.6. The predicted octanol–water partition coefficient (Wildman–Crippen LogP) is 7.11. The summed E-state index contributed by atoms with van der Waals surface area (Å²) in [6.45, 7) is 6.14. The minimum Gasteiger partial charge on any atom is -0.481 e. The van der Waals surface area contributed by atoms with Crippen LogP contribution in [0.25, 0.3) is 10.9 Å². The summed E-state index contributed by atoms with van der Waals surface area (Å²) in [5.41, 5.74) is 2.50. The van der Waals surface area contributed by atoms with Crippen LogP contribution >= 0.6 is 31.9 Å². The number of nitro groups is 1. The van der Waals surface area contributed by atoms with Crippen molar-refractivity contribution in [2.45, 2.75) is 39.7 Å². The summed E-state index contributed by atoms with van der Waals surface area (Å²) < 4.78 is 8.25. The maximum absolute atomic E-state index is 13.3. The topological polar surface area (TPSA) is 99.6 Å². The molecule has 0 aliphatic heterocycles. The molecular formula is C27H24Br2N4O4. The average molecular weight is 628 g/mol. The fourth-order valence-corrected chi connectivity index (χ4v) is 4.64. The van der Waals surface area contributed by atoms with Gasteiger partial charge in [0.05, 0.1) is 26.5 Å². The molecule has 0 aliphatic carbocycles. The normalized spacial score (nSPS) is 12.2. The number of hydrogen-bond acceptors (Lipinski definition) is 6. The van der Waals surface area contributed by atoms with Gasteiger partial charge < -0.3 is 4.74 Å². The van der Waals surface area contributed by atoms with Crippen LogP contribution in [0.15, 0.2) is 73.4 Å². The SMILES string of the molecule is CC[C@@H](C)c1nc2ccc(Br)cc2c(=O)n1N=Cc1cc(Br)c(OCc2ccc(C)cc2)c([N+](=O)[O-])c1. The minimum atomic E-state index is -0.502. The number of ether oxygens (including phenoxy) is 1.